The minimum Gasteiger partial charge on any atom is -0.493 e. The molecular weight excluding hydrogens is 300 g/mol. The maximum atomic E-state index is 12.9. The third-order valence-electron chi connectivity index (χ3n) is 6.62. The van der Waals surface area contributed by atoms with Crippen molar-refractivity contribution in [3.63, 3.8) is 0 Å². The van der Waals surface area contributed by atoms with E-state index in [0.717, 1.165) is 37.7 Å². The number of carbonyl (C=O) groups excluding carboxylic acids is 2. The molecule has 4 rings (SSSR count). The first-order valence-electron chi connectivity index (χ1n) is 8.17. The summed E-state index contributed by atoms with van der Waals surface area (Å²) in [5.41, 5.74) is -2.01. The van der Waals surface area contributed by atoms with Gasteiger partial charge in [0.05, 0.1) is 20.5 Å². The van der Waals surface area contributed by atoms with E-state index in [-0.39, 0.29) is 11.9 Å². The Balaban J connectivity index is 1.94. The predicted molar refractivity (Wildman–Crippen MR) is 78.2 cm³/mol. The standard InChI is InChI=1S/C17H22O6/c1-20-13(18)15-10-7-5-4-6-8-11-16(15,14(19)21-2)17(11,22-3)12(15)23-9-10/h9,11-12H,4-8H2,1-3H3/t11-,12-,15+,16-,17+/m1/s1. The second-order valence-corrected chi connectivity index (χ2v) is 6.91. The van der Waals surface area contributed by atoms with Crippen LogP contribution in [0.25, 0.3) is 0 Å². The van der Waals surface area contributed by atoms with Gasteiger partial charge in [-0.05, 0) is 24.8 Å². The molecule has 3 fully saturated rings. The first-order chi connectivity index (χ1) is 11.1. The molecule has 0 aromatic heterocycles. The second kappa shape index (κ2) is 4.50. The Bertz CT molecular complexity index is 612. The fourth-order valence-electron chi connectivity index (χ4n) is 5.96. The van der Waals surface area contributed by atoms with Gasteiger partial charge in [-0.25, -0.2) is 0 Å². The average Bonchev–Trinajstić information content (AvgIpc) is 2.89. The summed E-state index contributed by atoms with van der Waals surface area (Å²) in [7, 11) is 4.31. The van der Waals surface area contributed by atoms with Crippen molar-refractivity contribution in [3.8, 4) is 0 Å². The Morgan fingerprint density at radius 2 is 1.87 bits per heavy atom. The number of ether oxygens (including phenoxy) is 4. The lowest BCUT2D eigenvalue weighted by molar-refractivity contribution is -0.224. The molecule has 3 aliphatic carbocycles. The molecule has 1 aliphatic heterocycles. The Labute approximate surface area is 135 Å². The maximum Gasteiger partial charge on any atom is 0.321 e. The summed E-state index contributed by atoms with van der Waals surface area (Å²) in [6, 6.07) is 0. The lowest BCUT2D eigenvalue weighted by Crippen LogP contribution is -2.70. The monoisotopic (exact) mass is 322 g/mol. The van der Waals surface area contributed by atoms with Crippen molar-refractivity contribution in [2.45, 2.75) is 43.8 Å². The first-order valence-corrected chi connectivity index (χ1v) is 8.17. The van der Waals surface area contributed by atoms with Crippen LogP contribution in [0.2, 0.25) is 0 Å². The first kappa shape index (κ1) is 15.0. The van der Waals surface area contributed by atoms with E-state index in [4.69, 9.17) is 18.9 Å². The molecule has 0 saturated heterocycles. The number of fused-ring (bicyclic) bond motifs is 2. The second-order valence-electron chi connectivity index (χ2n) is 6.91. The molecule has 0 bridgehead atoms. The van der Waals surface area contributed by atoms with Crippen LogP contribution >= 0.6 is 0 Å². The summed E-state index contributed by atoms with van der Waals surface area (Å²) >= 11 is 0. The topological polar surface area (TPSA) is 71.1 Å². The number of rotatable bonds is 3. The summed E-state index contributed by atoms with van der Waals surface area (Å²) in [6.45, 7) is 0. The summed E-state index contributed by atoms with van der Waals surface area (Å²) in [5.74, 6) is -0.864. The Hall–Kier alpha value is -1.56. The minimum absolute atomic E-state index is 0.0710. The van der Waals surface area contributed by atoms with Gasteiger partial charge in [0.25, 0.3) is 0 Å². The molecular formula is C17H22O6. The predicted octanol–water partition coefficient (Wildman–Crippen LogP) is 1.58. The number of carbonyl (C=O) groups is 2. The molecule has 0 spiro atoms. The highest BCUT2D eigenvalue weighted by Gasteiger charge is 3.06. The molecule has 5 atom stereocenters. The molecule has 1 heterocycles. The van der Waals surface area contributed by atoms with Crippen molar-refractivity contribution >= 4 is 11.9 Å². The molecule has 6 heteroatoms. The zero-order chi connectivity index (χ0) is 16.5. The smallest absolute Gasteiger partial charge is 0.321 e. The van der Waals surface area contributed by atoms with Gasteiger partial charge in [-0.1, -0.05) is 12.8 Å². The van der Waals surface area contributed by atoms with Gasteiger partial charge >= 0.3 is 11.9 Å². The summed E-state index contributed by atoms with van der Waals surface area (Å²) in [4.78, 5) is 25.7. The Kier molecular flexibility index (Phi) is 2.93. The molecule has 4 aliphatic rings. The van der Waals surface area contributed by atoms with Crippen LogP contribution in [-0.4, -0.2) is 45.0 Å². The fourth-order valence-corrected chi connectivity index (χ4v) is 5.96. The highest BCUT2D eigenvalue weighted by atomic mass is 16.6. The van der Waals surface area contributed by atoms with Crippen molar-refractivity contribution in [1.82, 2.24) is 0 Å². The normalized spacial score (nSPS) is 46.0. The van der Waals surface area contributed by atoms with E-state index >= 15 is 0 Å². The summed E-state index contributed by atoms with van der Waals surface area (Å²) in [5, 5.41) is 0. The molecule has 0 N–H and O–H groups in total. The lowest BCUT2D eigenvalue weighted by Gasteiger charge is -2.52. The molecule has 126 valence electrons. The van der Waals surface area contributed by atoms with Crippen LogP contribution in [0.5, 0.6) is 0 Å². The quantitative estimate of drug-likeness (QED) is 0.735. The van der Waals surface area contributed by atoms with Gasteiger partial charge in [0.1, 0.15) is 17.1 Å². The van der Waals surface area contributed by atoms with Crippen LogP contribution in [0, 0.1) is 16.7 Å². The van der Waals surface area contributed by atoms with Crippen LogP contribution in [0.15, 0.2) is 11.8 Å². The van der Waals surface area contributed by atoms with Crippen LogP contribution in [0.3, 0.4) is 0 Å². The van der Waals surface area contributed by atoms with Crippen LogP contribution in [0.4, 0.5) is 0 Å². The van der Waals surface area contributed by atoms with Gasteiger partial charge in [0.2, 0.25) is 0 Å². The van der Waals surface area contributed by atoms with Gasteiger partial charge < -0.3 is 18.9 Å². The van der Waals surface area contributed by atoms with Gasteiger partial charge in [0, 0.05) is 13.0 Å². The molecule has 0 unspecified atom stereocenters. The highest BCUT2D eigenvalue weighted by molar-refractivity contribution is 6.01. The number of hydrogen-bond acceptors (Lipinski definition) is 6. The van der Waals surface area contributed by atoms with Crippen molar-refractivity contribution in [2.24, 2.45) is 16.7 Å². The average molecular weight is 322 g/mol. The fraction of sp³-hybridized carbons (Fsp3) is 0.765. The van der Waals surface area contributed by atoms with Gasteiger partial charge in [0.15, 0.2) is 5.41 Å². The molecule has 23 heavy (non-hydrogen) atoms. The highest BCUT2D eigenvalue weighted by Crippen LogP contribution is 2.90. The zero-order valence-electron chi connectivity index (χ0n) is 13.7. The van der Waals surface area contributed by atoms with Crippen LogP contribution < -0.4 is 0 Å². The maximum absolute atomic E-state index is 12.9. The van der Waals surface area contributed by atoms with Gasteiger partial charge in [-0.3, -0.25) is 9.59 Å². The largest absolute Gasteiger partial charge is 0.493 e. The molecule has 0 aromatic carbocycles. The number of esters is 2. The third kappa shape index (κ3) is 1.19. The third-order valence-corrected chi connectivity index (χ3v) is 6.62. The molecule has 0 aromatic rings. The molecule has 6 nitrogen and oxygen atoms in total. The minimum atomic E-state index is -1.08. The Morgan fingerprint density at radius 1 is 1.13 bits per heavy atom. The summed E-state index contributed by atoms with van der Waals surface area (Å²) < 4.78 is 22.0. The van der Waals surface area contributed by atoms with Crippen LogP contribution in [-0.2, 0) is 28.5 Å². The van der Waals surface area contributed by atoms with E-state index in [9.17, 15) is 9.59 Å². The van der Waals surface area contributed by atoms with Crippen molar-refractivity contribution in [3.05, 3.63) is 11.8 Å². The Morgan fingerprint density at radius 3 is 2.52 bits per heavy atom. The van der Waals surface area contributed by atoms with E-state index in [1.54, 1.807) is 13.4 Å². The van der Waals surface area contributed by atoms with E-state index < -0.39 is 28.5 Å². The SMILES string of the molecule is COC(=O)[C@]12C3=CO[C@H]1[C@@]1(OC)[C@H](CCCCC3)[C@@]21C(=O)OC. The van der Waals surface area contributed by atoms with E-state index in [1.807, 2.05) is 0 Å². The van der Waals surface area contributed by atoms with Gasteiger partial charge in [-0.2, -0.15) is 0 Å². The van der Waals surface area contributed by atoms with Crippen molar-refractivity contribution in [2.75, 3.05) is 21.3 Å². The number of hydrogen-bond donors (Lipinski definition) is 0. The van der Waals surface area contributed by atoms with E-state index in [0.29, 0.717) is 0 Å². The van der Waals surface area contributed by atoms with Crippen molar-refractivity contribution < 1.29 is 28.5 Å². The summed E-state index contributed by atoms with van der Waals surface area (Å²) in [6.07, 6.45) is 5.76. The van der Waals surface area contributed by atoms with Gasteiger partial charge in [-0.15, -0.1) is 0 Å². The van der Waals surface area contributed by atoms with Crippen molar-refractivity contribution in [1.29, 1.82) is 0 Å². The van der Waals surface area contributed by atoms with Crippen LogP contribution in [0.1, 0.15) is 32.1 Å². The zero-order valence-corrected chi connectivity index (χ0v) is 13.7. The molecule has 0 amide bonds. The molecule has 0 radical (unpaired) electrons. The van der Waals surface area contributed by atoms with E-state index in [2.05, 4.69) is 0 Å². The molecule has 3 saturated carbocycles. The number of methoxy groups -OCH3 is 3. The van der Waals surface area contributed by atoms with E-state index in [1.165, 1.54) is 14.2 Å². The lowest BCUT2D eigenvalue weighted by atomic mass is 9.52.